The largest absolute Gasteiger partial charge is 0.485 e. The summed E-state index contributed by atoms with van der Waals surface area (Å²) in [5, 5.41) is 21.7. The van der Waals surface area contributed by atoms with Crippen molar-refractivity contribution in [1.29, 1.82) is 0 Å². The van der Waals surface area contributed by atoms with Crippen LogP contribution in [-0.4, -0.2) is 51.7 Å². The van der Waals surface area contributed by atoms with Gasteiger partial charge in [-0.25, -0.2) is 4.39 Å². The predicted octanol–water partition coefficient (Wildman–Crippen LogP) is 5.26. The van der Waals surface area contributed by atoms with Gasteiger partial charge in [-0.05, 0) is 67.7 Å². The lowest BCUT2D eigenvalue weighted by molar-refractivity contribution is -0.763. The molecule has 254 valence electrons. The van der Waals surface area contributed by atoms with Crippen molar-refractivity contribution in [2.45, 2.75) is 103 Å². The number of halogens is 1. The van der Waals surface area contributed by atoms with Crippen LogP contribution in [-0.2, 0) is 46.6 Å². The minimum Gasteiger partial charge on any atom is -0.485 e. The molecule has 11 nitrogen and oxygen atoms in total. The normalized spacial score (nSPS) is 37.2. The number of benzene rings is 1. The Morgan fingerprint density at radius 2 is 1.91 bits per heavy atom. The van der Waals surface area contributed by atoms with Crippen LogP contribution < -0.4 is 0 Å². The first-order valence-corrected chi connectivity index (χ1v) is 16.5. The van der Waals surface area contributed by atoms with Crippen molar-refractivity contribution in [1.82, 2.24) is 0 Å². The molecule has 6 rings (SSSR count). The summed E-state index contributed by atoms with van der Waals surface area (Å²) >= 11 is 0. The van der Waals surface area contributed by atoms with Crippen LogP contribution in [0.25, 0.3) is 0 Å². The number of allylic oxidation sites excluding steroid dienone is 2. The molecule has 1 aromatic carbocycles. The van der Waals surface area contributed by atoms with Gasteiger partial charge >= 0.3 is 5.97 Å². The van der Waals surface area contributed by atoms with Gasteiger partial charge in [-0.3, -0.25) is 14.4 Å². The molecule has 1 unspecified atom stereocenters. The average molecular weight is 656 g/mol. The first-order valence-electron chi connectivity index (χ1n) is 16.5. The van der Waals surface area contributed by atoms with Crippen molar-refractivity contribution >= 4 is 17.5 Å². The van der Waals surface area contributed by atoms with E-state index in [9.17, 15) is 29.6 Å². The topological polar surface area (TPSA) is 152 Å². The second kappa shape index (κ2) is 11.7. The Morgan fingerprint density at radius 1 is 1.19 bits per heavy atom. The molecule has 4 aliphatic carbocycles. The van der Waals surface area contributed by atoms with Gasteiger partial charge in [0.25, 0.3) is 5.09 Å². The van der Waals surface area contributed by atoms with Crippen LogP contribution in [0.1, 0.15) is 83.8 Å². The maximum absolute atomic E-state index is 18.3. The highest BCUT2D eigenvalue weighted by Crippen LogP contribution is 2.73. The van der Waals surface area contributed by atoms with Gasteiger partial charge in [-0.15, -0.1) is 10.1 Å². The van der Waals surface area contributed by atoms with E-state index < -0.39 is 75.2 Å². The smallest absolute Gasteiger partial charge is 0.306 e. The van der Waals surface area contributed by atoms with Crippen LogP contribution >= 0.6 is 0 Å². The number of ether oxygens (including phenoxy) is 3. The fourth-order valence-corrected chi connectivity index (χ4v) is 9.77. The van der Waals surface area contributed by atoms with Crippen LogP contribution in [0.3, 0.4) is 0 Å². The lowest BCUT2D eigenvalue weighted by Gasteiger charge is -2.64. The summed E-state index contributed by atoms with van der Waals surface area (Å²) < 4.78 is 36.9. The number of carbonyl (C=O) groups is 3. The minimum atomic E-state index is -2.28. The molecule has 5 aliphatic rings. The van der Waals surface area contributed by atoms with Gasteiger partial charge in [-0.1, -0.05) is 51.5 Å². The quantitative estimate of drug-likeness (QED) is 0.201. The molecule has 0 amide bonds. The molecule has 4 fully saturated rings. The van der Waals surface area contributed by atoms with Crippen molar-refractivity contribution in [3.63, 3.8) is 0 Å². The van der Waals surface area contributed by atoms with Crippen molar-refractivity contribution in [2.75, 3.05) is 6.61 Å². The van der Waals surface area contributed by atoms with Crippen molar-refractivity contribution < 1.29 is 48.0 Å². The summed E-state index contributed by atoms with van der Waals surface area (Å²) in [6.07, 6.45) is 2.30. The minimum absolute atomic E-state index is 0.110. The summed E-state index contributed by atoms with van der Waals surface area (Å²) in [5.74, 6) is -3.57. The Hall–Kier alpha value is -3.80. The van der Waals surface area contributed by atoms with Gasteiger partial charge in [0.2, 0.25) is 17.3 Å². The maximum atomic E-state index is 18.3. The molecule has 1 aromatic rings. The molecule has 3 saturated carbocycles. The van der Waals surface area contributed by atoms with E-state index in [0.717, 1.165) is 6.42 Å². The van der Waals surface area contributed by atoms with E-state index in [-0.39, 0.29) is 37.6 Å². The molecule has 47 heavy (non-hydrogen) atoms. The Labute approximate surface area is 272 Å². The van der Waals surface area contributed by atoms with E-state index in [0.29, 0.717) is 42.4 Å². The number of nitrogens with zero attached hydrogens (tertiary/aromatic N) is 1. The summed E-state index contributed by atoms with van der Waals surface area (Å²) in [4.78, 5) is 56.5. The summed E-state index contributed by atoms with van der Waals surface area (Å²) in [6, 6.07) is 6.62. The third-order valence-corrected chi connectivity index (χ3v) is 11.9. The number of unbranched alkanes of at least 4 members (excludes halogenated alkanes) is 1. The fourth-order valence-electron chi connectivity index (χ4n) is 9.77. The van der Waals surface area contributed by atoms with Gasteiger partial charge in [0.05, 0.1) is 11.5 Å². The maximum Gasteiger partial charge on any atom is 0.306 e. The molecule has 1 N–H and O–H groups in total. The molecule has 1 aliphatic heterocycles. The number of ketones is 2. The Morgan fingerprint density at radius 3 is 2.62 bits per heavy atom. The highest BCUT2D eigenvalue weighted by Gasteiger charge is 2.79. The Kier molecular flexibility index (Phi) is 8.25. The first-order chi connectivity index (χ1) is 22.2. The molecule has 1 saturated heterocycles. The summed E-state index contributed by atoms with van der Waals surface area (Å²) in [5.41, 5.74) is -5.07. The van der Waals surface area contributed by atoms with Crippen LogP contribution in [0, 0.1) is 38.7 Å². The molecule has 12 heteroatoms. The lowest BCUT2D eigenvalue weighted by Crippen LogP contribution is -2.71. The van der Waals surface area contributed by atoms with E-state index in [1.54, 1.807) is 31.2 Å². The zero-order valence-electron chi connectivity index (χ0n) is 27.2. The highest BCUT2D eigenvalue weighted by molar-refractivity contribution is 6.05. The van der Waals surface area contributed by atoms with Gasteiger partial charge in [0, 0.05) is 23.7 Å². The number of hydrogen-bond donors (Lipinski definition) is 1. The molecule has 6 bridgehead atoms. The number of esters is 1. The second-order valence-electron chi connectivity index (χ2n) is 14.2. The number of aliphatic hydroxyl groups excluding tert-OH is 1. The van der Waals surface area contributed by atoms with Crippen LogP contribution in [0.15, 0.2) is 47.4 Å². The number of Topliss-reactive ketones (excluding diaryl/α,β-unsaturated/α-hetero) is 1. The average Bonchev–Trinajstić information content (AvgIpc) is 3.23. The fraction of sp³-hybridized carbons (Fsp3) is 0.629. The van der Waals surface area contributed by atoms with E-state index in [4.69, 9.17) is 14.2 Å². The zero-order chi connectivity index (χ0) is 33.9. The zero-order valence-corrected chi connectivity index (χ0v) is 27.2. The number of rotatable bonds is 10. The van der Waals surface area contributed by atoms with Crippen molar-refractivity contribution in [3.8, 4) is 0 Å². The van der Waals surface area contributed by atoms with E-state index >= 15 is 4.39 Å². The lowest BCUT2D eigenvalue weighted by atomic mass is 9.44. The number of aliphatic hydroxyl groups is 1. The number of hydrogen-bond acceptors (Lipinski definition) is 10. The number of carbonyl (C=O) groups excluding carboxylic acids is 3. The summed E-state index contributed by atoms with van der Waals surface area (Å²) in [7, 11) is 0. The third-order valence-electron chi connectivity index (χ3n) is 11.9. The van der Waals surface area contributed by atoms with E-state index in [1.807, 2.05) is 20.8 Å². The molecule has 8 atom stereocenters. The molecule has 0 aromatic heterocycles. The Balaban J connectivity index is 1.45. The van der Waals surface area contributed by atoms with Gasteiger partial charge in [0.1, 0.15) is 13.2 Å². The molecule has 1 heterocycles. The van der Waals surface area contributed by atoms with Gasteiger partial charge in [-0.2, -0.15) is 0 Å². The Bertz CT molecular complexity index is 1570. The van der Waals surface area contributed by atoms with Crippen molar-refractivity contribution in [2.24, 2.45) is 28.6 Å². The summed E-state index contributed by atoms with van der Waals surface area (Å²) in [6.45, 7) is 6.24. The molecule has 0 spiro atoms. The highest BCUT2D eigenvalue weighted by atomic mass is 19.1. The monoisotopic (exact) mass is 655 g/mol. The molecular weight excluding hydrogens is 613 g/mol. The first kappa shape index (κ1) is 33.1. The van der Waals surface area contributed by atoms with Crippen LogP contribution in [0.5, 0.6) is 0 Å². The van der Waals surface area contributed by atoms with Gasteiger partial charge in [0.15, 0.2) is 23.6 Å². The van der Waals surface area contributed by atoms with Gasteiger partial charge < -0.3 is 24.2 Å². The standard InChI is InChI=1S/C35H42FNO10/c1-5-6-10-29(41)47-35-20(2)13-25-24-12-11-23-15-26(38)30(44-17-21-8-7-9-22(14-21)18-46-37(42)43)31(45-19-28(35)40)33(23,4)34(24,36)27(39)16-32(25,35)3/h7-9,14-15,20,24-25,27,39H,5-6,10-13,16-19H2,1-4H3/t20-,24-,25-,27+,32+,33+,34?,35-/m0/s1. The second-order valence-corrected chi connectivity index (χ2v) is 14.2. The molecular formula is C35H42FNO10. The number of alkyl halides is 1. The van der Waals surface area contributed by atoms with E-state index in [2.05, 4.69) is 4.84 Å². The predicted molar refractivity (Wildman–Crippen MR) is 163 cm³/mol. The van der Waals surface area contributed by atoms with Crippen LogP contribution in [0.4, 0.5) is 4.39 Å². The van der Waals surface area contributed by atoms with Crippen LogP contribution in [0.2, 0.25) is 0 Å². The van der Waals surface area contributed by atoms with Crippen molar-refractivity contribution in [3.05, 3.63) is 68.7 Å². The SMILES string of the molecule is CCCCC(=O)O[C@]12C(=O)COC3=C(OCc4cccc(CO[N+](=O)[O-])c4)C(=O)C=C4CC[C@H]5[C@H](C[C@@H]1C)[C@@]2(C)C[C@@H](O)C5(F)[C@]43C. The third kappa shape index (κ3) is 4.72. The van der Waals surface area contributed by atoms with E-state index in [1.165, 1.54) is 6.08 Å². The molecule has 0 radical (unpaired) electrons.